The second-order valence-corrected chi connectivity index (χ2v) is 6.45. The van der Waals surface area contributed by atoms with E-state index in [1.54, 1.807) is 40.1 Å². The Morgan fingerprint density at radius 2 is 1.44 bits per heavy atom. The van der Waals surface area contributed by atoms with Gasteiger partial charge in [-0.1, -0.05) is 36.4 Å². The van der Waals surface area contributed by atoms with Crippen LogP contribution in [-0.2, 0) is 16.0 Å². The van der Waals surface area contributed by atoms with Crippen molar-refractivity contribution in [2.75, 3.05) is 32.8 Å². The van der Waals surface area contributed by atoms with Crippen LogP contribution in [0.3, 0.4) is 0 Å². The lowest BCUT2D eigenvalue weighted by Gasteiger charge is -2.34. The highest BCUT2D eigenvalue weighted by Crippen LogP contribution is 2.12. The van der Waals surface area contributed by atoms with Gasteiger partial charge in [-0.25, -0.2) is 4.39 Å². The number of nitrogens with zero attached hydrogens (tertiary/aromatic N) is 2. The first-order valence-corrected chi connectivity index (χ1v) is 9.10. The molecule has 27 heavy (non-hydrogen) atoms. The smallest absolute Gasteiger partial charge is 0.260 e. The number of piperazine rings is 1. The maximum absolute atomic E-state index is 13.6. The normalized spacial score (nSPS) is 14.1. The third kappa shape index (κ3) is 5.29. The molecule has 1 aliphatic heterocycles. The lowest BCUT2D eigenvalue weighted by atomic mass is 10.1. The number of hydrogen-bond donors (Lipinski definition) is 0. The van der Waals surface area contributed by atoms with Crippen LogP contribution < -0.4 is 4.74 Å². The molecule has 0 saturated carbocycles. The summed E-state index contributed by atoms with van der Waals surface area (Å²) in [6.07, 6.45) is 0.654. The van der Waals surface area contributed by atoms with E-state index in [9.17, 15) is 14.0 Å². The molecule has 2 aromatic carbocycles. The van der Waals surface area contributed by atoms with E-state index in [-0.39, 0.29) is 30.7 Å². The van der Waals surface area contributed by atoms with E-state index in [0.717, 1.165) is 0 Å². The predicted molar refractivity (Wildman–Crippen MR) is 99.8 cm³/mol. The third-order valence-electron chi connectivity index (χ3n) is 4.66. The fraction of sp³-hybridized carbons (Fsp3) is 0.333. The standard InChI is InChI=1S/C21H23FN2O3/c22-19-9-5-4-6-17(19)10-11-20(25)23-12-14-24(15-13-23)21(26)16-27-18-7-2-1-3-8-18/h1-9H,10-16H2. The molecular weight excluding hydrogens is 347 g/mol. The number of amides is 2. The van der Waals surface area contributed by atoms with Gasteiger partial charge in [-0.3, -0.25) is 9.59 Å². The highest BCUT2D eigenvalue weighted by atomic mass is 19.1. The zero-order chi connectivity index (χ0) is 19.1. The number of rotatable bonds is 6. The van der Waals surface area contributed by atoms with E-state index >= 15 is 0 Å². The molecule has 142 valence electrons. The highest BCUT2D eigenvalue weighted by molar-refractivity contribution is 5.79. The SMILES string of the molecule is O=C(CCc1ccccc1F)N1CCN(C(=O)COc2ccccc2)CC1. The van der Waals surface area contributed by atoms with Crippen LogP contribution in [0.15, 0.2) is 54.6 Å². The van der Waals surface area contributed by atoms with Crippen LogP contribution in [-0.4, -0.2) is 54.4 Å². The van der Waals surface area contributed by atoms with E-state index in [1.807, 2.05) is 18.2 Å². The molecule has 1 aliphatic rings. The van der Waals surface area contributed by atoms with Crippen LogP contribution in [0.1, 0.15) is 12.0 Å². The van der Waals surface area contributed by atoms with Crippen LogP contribution in [0, 0.1) is 5.82 Å². The van der Waals surface area contributed by atoms with Gasteiger partial charge >= 0.3 is 0 Å². The second kappa shape index (κ2) is 9.16. The largest absolute Gasteiger partial charge is 0.484 e. The van der Waals surface area contributed by atoms with Gasteiger partial charge in [-0.15, -0.1) is 0 Å². The molecule has 2 aromatic rings. The van der Waals surface area contributed by atoms with Gasteiger partial charge in [-0.2, -0.15) is 0 Å². The topological polar surface area (TPSA) is 49.9 Å². The lowest BCUT2D eigenvalue weighted by Crippen LogP contribution is -2.51. The molecule has 1 saturated heterocycles. The Morgan fingerprint density at radius 1 is 0.852 bits per heavy atom. The Bertz CT molecular complexity index is 774. The zero-order valence-corrected chi connectivity index (χ0v) is 15.1. The van der Waals surface area contributed by atoms with Gasteiger partial charge in [0.25, 0.3) is 5.91 Å². The molecule has 2 amide bonds. The van der Waals surface area contributed by atoms with Crippen LogP contribution in [0.4, 0.5) is 4.39 Å². The van der Waals surface area contributed by atoms with Crippen LogP contribution in [0.25, 0.3) is 0 Å². The Hall–Kier alpha value is -2.89. The summed E-state index contributed by atoms with van der Waals surface area (Å²) in [6, 6.07) is 15.7. The maximum atomic E-state index is 13.6. The first-order valence-electron chi connectivity index (χ1n) is 9.10. The van der Waals surface area contributed by atoms with Crippen molar-refractivity contribution in [1.29, 1.82) is 0 Å². The number of ether oxygens (including phenoxy) is 1. The molecule has 5 nitrogen and oxygen atoms in total. The minimum Gasteiger partial charge on any atom is -0.484 e. The summed E-state index contributed by atoms with van der Waals surface area (Å²) in [5.41, 5.74) is 0.553. The molecule has 0 atom stereocenters. The molecule has 0 unspecified atom stereocenters. The first-order chi connectivity index (χ1) is 13.1. The van der Waals surface area contributed by atoms with E-state index < -0.39 is 0 Å². The summed E-state index contributed by atoms with van der Waals surface area (Å²) in [5, 5.41) is 0. The molecule has 0 N–H and O–H groups in total. The number of benzene rings is 2. The predicted octanol–water partition coefficient (Wildman–Crippen LogP) is 2.51. The summed E-state index contributed by atoms with van der Waals surface area (Å²) >= 11 is 0. The maximum Gasteiger partial charge on any atom is 0.260 e. The summed E-state index contributed by atoms with van der Waals surface area (Å²) in [6.45, 7) is 1.95. The van der Waals surface area contributed by atoms with Crippen LogP contribution in [0.2, 0.25) is 0 Å². The van der Waals surface area contributed by atoms with Gasteiger partial charge in [0.2, 0.25) is 5.91 Å². The average molecular weight is 370 g/mol. The number of carbonyl (C=O) groups is 2. The third-order valence-corrected chi connectivity index (χ3v) is 4.66. The van der Waals surface area contributed by atoms with Crippen molar-refractivity contribution in [2.24, 2.45) is 0 Å². The summed E-state index contributed by atoms with van der Waals surface area (Å²) in [4.78, 5) is 28.0. The van der Waals surface area contributed by atoms with E-state index in [0.29, 0.717) is 43.9 Å². The number of hydrogen-bond acceptors (Lipinski definition) is 3. The molecule has 0 bridgehead atoms. The molecule has 1 fully saturated rings. The molecule has 0 radical (unpaired) electrons. The average Bonchev–Trinajstić information content (AvgIpc) is 2.72. The van der Waals surface area contributed by atoms with E-state index in [4.69, 9.17) is 4.74 Å². The van der Waals surface area contributed by atoms with Crippen molar-refractivity contribution in [3.05, 3.63) is 66.0 Å². The Morgan fingerprint density at radius 3 is 2.11 bits per heavy atom. The molecule has 3 rings (SSSR count). The number of carbonyl (C=O) groups excluding carboxylic acids is 2. The molecule has 0 spiro atoms. The first kappa shape index (κ1) is 18.9. The van der Waals surface area contributed by atoms with Crippen molar-refractivity contribution in [3.63, 3.8) is 0 Å². The fourth-order valence-electron chi connectivity index (χ4n) is 3.06. The molecule has 6 heteroatoms. The minimum atomic E-state index is -0.279. The molecule has 0 aromatic heterocycles. The zero-order valence-electron chi connectivity index (χ0n) is 15.1. The molecule has 1 heterocycles. The summed E-state index contributed by atoms with van der Waals surface area (Å²) in [7, 11) is 0. The quantitative estimate of drug-likeness (QED) is 0.785. The lowest BCUT2D eigenvalue weighted by molar-refractivity contribution is -0.140. The number of para-hydroxylation sites is 1. The van der Waals surface area contributed by atoms with Crippen molar-refractivity contribution < 1.29 is 18.7 Å². The Kier molecular flexibility index (Phi) is 6.41. The number of aryl methyl sites for hydroxylation is 1. The van der Waals surface area contributed by atoms with Gasteiger partial charge in [0.1, 0.15) is 11.6 Å². The van der Waals surface area contributed by atoms with Crippen molar-refractivity contribution >= 4 is 11.8 Å². The van der Waals surface area contributed by atoms with Gasteiger partial charge in [-0.05, 0) is 30.2 Å². The molecule has 0 aliphatic carbocycles. The van der Waals surface area contributed by atoms with Gasteiger partial charge in [0.15, 0.2) is 6.61 Å². The second-order valence-electron chi connectivity index (χ2n) is 6.45. The monoisotopic (exact) mass is 370 g/mol. The van der Waals surface area contributed by atoms with Crippen LogP contribution in [0.5, 0.6) is 5.75 Å². The number of halogens is 1. The van der Waals surface area contributed by atoms with Crippen molar-refractivity contribution in [2.45, 2.75) is 12.8 Å². The van der Waals surface area contributed by atoms with E-state index in [2.05, 4.69) is 0 Å². The van der Waals surface area contributed by atoms with Gasteiger partial charge in [0, 0.05) is 32.6 Å². The van der Waals surface area contributed by atoms with E-state index in [1.165, 1.54) is 6.07 Å². The van der Waals surface area contributed by atoms with Crippen LogP contribution >= 0.6 is 0 Å². The minimum absolute atomic E-state index is 0.00844. The Labute approximate surface area is 158 Å². The van der Waals surface area contributed by atoms with Gasteiger partial charge in [0.05, 0.1) is 0 Å². The summed E-state index contributed by atoms with van der Waals surface area (Å²) < 4.78 is 19.1. The highest BCUT2D eigenvalue weighted by Gasteiger charge is 2.24. The van der Waals surface area contributed by atoms with Gasteiger partial charge < -0.3 is 14.5 Å². The molecular formula is C21H23FN2O3. The van der Waals surface area contributed by atoms with Crippen molar-refractivity contribution in [1.82, 2.24) is 9.80 Å². The van der Waals surface area contributed by atoms with Crippen molar-refractivity contribution in [3.8, 4) is 5.75 Å². The Balaban J connectivity index is 1.40. The fourth-order valence-corrected chi connectivity index (χ4v) is 3.06. The summed E-state index contributed by atoms with van der Waals surface area (Å²) in [5.74, 6) is 0.287.